The first-order chi connectivity index (χ1) is 8.88. The Hall–Kier alpha value is -2.72. The molecule has 0 aliphatic rings. The zero-order valence-electron chi connectivity index (χ0n) is 10.0. The van der Waals surface area contributed by atoms with Gasteiger partial charge in [0.15, 0.2) is 0 Å². The molecule has 104 valence electrons. The van der Waals surface area contributed by atoms with Crippen LogP contribution in [-0.4, -0.2) is 49.3 Å². The highest BCUT2D eigenvalue weighted by atomic mass is 16.4. The van der Waals surface area contributed by atoms with Crippen LogP contribution in [0.25, 0.3) is 0 Å². The number of carboxylic acids is 1. The lowest BCUT2D eigenvalue weighted by Crippen LogP contribution is -2.43. The molecular weight excluding hydrogens is 258 g/mol. The molecular formula is C8H13N7O4. The maximum atomic E-state index is 11.5. The van der Waals surface area contributed by atoms with Crippen LogP contribution in [0.5, 0.6) is 0 Å². The lowest BCUT2D eigenvalue weighted by Gasteiger charge is -2.13. The Kier molecular flexibility index (Phi) is 4.74. The number of aliphatic carboxylic acids is 1. The van der Waals surface area contributed by atoms with Gasteiger partial charge in [0.1, 0.15) is 6.04 Å². The van der Waals surface area contributed by atoms with Crippen LogP contribution in [-0.2, 0) is 16.6 Å². The first-order valence-corrected chi connectivity index (χ1v) is 5.21. The molecule has 0 spiro atoms. The van der Waals surface area contributed by atoms with E-state index in [9.17, 15) is 14.4 Å². The molecule has 0 unspecified atom stereocenters. The molecule has 11 heteroatoms. The van der Waals surface area contributed by atoms with Crippen LogP contribution in [0, 0.1) is 0 Å². The van der Waals surface area contributed by atoms with Gasteiger partial charge in [0.2, 0.25) is 5.91 Å². The molecule has 1 aromatic rings. The maximum Gasteiger partial charge on any atom is 0.326 e. The van der Waals surface area contributed by atoms with Crippen LogP contribution in [0.4, 0.5) is 10.7 Å². The van der Waals surface area contributed by atoms with Crippen molar-refractivity contribution < 1.29 is 19.5 Å². The van der Waals surface area contributed by atoms with Gasteiger partial charge in [-0.3, -0.25) is 10.1 Å². The number of nitrogens with zero attached hydrogens (tertiary/aromatic N) is 4. The Labute approximate surface area is 107 Å². The van der Waals surface area contributed by atoms with Crippen molar-refractivity contribution in [2.75, 3.05) is 5.32 Å². The Balaban J connectivity index is 2.51. The van der Waals surface area contributed by atoms with E-state index in [1.54, 1.807) is 0 Å². The lowest BCUT2D eigenvalue weighted by atomic mass is 10.1. The summed E-state index contributed by atoms with van der Waals surface area (Å²) in [7, 11) is 1.50. The van der Waals surface area contributed by atoms with Gasteiger partial charge in [-0.2, -0.15) is 4.80 Å². The van der Waals surface area contributed by atoms with Gasteiger partial charge in [0, 0.05) is 6.42 Å². The number of rotatable bonds is 6. The minimum Gasteiger partial charge on any atom is -0.480 e. The zero-order chi connectivity index (χ0) is 14.4. The van der Waals surface area contributed by atoms with Crippen molar-refractivity contribution >= 4 is 23.9 Å². The van der Waals surface area contributed by atoms with Crippen LogP contribution < -0.4 is 16.4 Å². The van der Waals surface area contributed by atoms with Crippen LogP contribution >= 0.6 is 0 Å². The first-order valence-electron chi connectivity index (χ1n) is 5.21. The van der Waals surface area contributed by atoms with Gasteiger partial charge in [-0.05, 0) is 11.6 Å². The maximum absolute atomic E-state index is 11.5. The van der Waals surface area contributed by atoms with Crippen molar-refractivity contribution in [3.05, 3.63) is 0 Å². The number of aromatic nitrogens is 4. The van der Waals surface area contributed by atoms with Gasteiger partial charge in [0.05, 0.1) is 7.05 Å². The van der Waals surface area contributed by atoms with Gasteiger partial charge >= 0.3 is 12.0 Å². The summed E-state index contributed by atoms with van der Waals surface area (Å²) >= 11 is 0. The van der Waals surface area contributed by atoms with E-state index in [4.69, 9.17) is 10.8 Å². The minimum atomic E-state index is -1.27. The molecule has 1 heterocycles. The number of aryl methyl sites for hydroxylation is 1. The number of carbonyl (C=O) groups excluding carboxylic acids is 2. The van der Waals surface area contributed by atoms with Gasteiger partial charge in [-0.25, -0.2) is 9.59 Å². The van der Waals surface area contributed by atoms with Crippen molar-refractivity contribution in [3.63, 3.8) is 0 Å². The number of carbonyl (C=O) groups is 3. The molecule has 0 bridgehead atoms. The number of hydrogen-bond acceptors (Lipinski definition) is 6. The number of primary amides is 1. The standard InChI is InChI=1S/C8H13N7O4/c1-15-13-7(12-14-15)11-8(19)10-4(6(17)18)2-3-5(9)16/h4H,2-3H2,1H3,(H2,9,16)(H,17,18)(H2,10,11,13,19)/t4-/m0/s1. The van der Waals surface area contributed by atoms with Crippen molar-refractivity contribution in [3.8, 4) is 0 Å². The molecule has 0 aromatic carbocycles. The number of nitrogens with two attached hydrogens (primary N) is 1. The second-order valence-corrected chi connectivity index (χ2v) is 3.60. The molecule has 0 aliphatic carbocycles. The molecule has 19 heavy (non-hydrogen) atoms. The summed E-state index contributed by atoms with van der Waals surface area (Å²) < 4.78 is 0. The third kappa shape index (κ3) is 4.97. The highest BCUT2D eigenvalue weighted by Crippen LogP contribution is 1.99. The molecule has 0 saturated carbocycles. The summed E-state index contributed by atoms with van der Waals surface area (Å²) in [6.07, 6.45) is -0.257. The minimum absolute atomic E-state index is 0.0703. The normalized spacial score (nSPS) is 11.6. The Morgan fingerprint density at radius 1 is 1.47 bits per heavy atom. The molecule has 5 N–H and O–H groups in total. The van der Waals surface area contributed by atoms with E-state index in [2.05, 4.69) is 26.0 Å². The van der Waals surface area contributed by atoms with E-state index in [0.29, 0.717) is 0 Å². The van der Waals surface area contributed by atoms with Gasteiger partial charge in [-0.15, -0.1) is 5.10 Å². The number of nitrogens with one attached hydrogen (secondary N) is 2. The summed E-state index contributed by atoms with van der Waals surface area (Å²) in [6.45, 7) is 0. The molecule has 1 rings (SSSR count). The van der Waals surface area contributed by atoms with Crippen molar-refractivity contribution in [2.24, 2.45) is 12.8 Å². The Bertz CT molecular complexity index is 485. The fraction of sp³-hybridized carbons (Fsp3) is 0.500. The average molecular weight is 271 g/mol. The summed E-state index contributed by atoms with van der Waals surface area (Å²) in [5.74, 6) is -1.99. The van der Waals surface area contributed by atoms with Crippen molar-refractivity contribution in [1.82, 2.24) is 25.5 Å². The first kappa shape index (κ1) is 14.3. The Morgan fingerprint density at radius 3 is 2.63 bits per heavy atom. The quantitative estimate of drug-likeness (QED) is 0.466. The van der Waals surface area contributed by atoms with Gasteiger partial charge < -0.3 is 16.2 Å². The molecule has 0 fully saturated rings. The molecule has 3 amide bonds. The summed E-state index contributed by atoms with van der Waals surface area (Å²) in [4.78, 5) is 34.0. The summed E-state index contributed by atoms with van der Waals surface area (Å²) in [5, 5.41) is 23.9. The number of anilines is 1. The Morgan fingerprint density at radius 2 is 2.16 bits per heavy atom. The van der Waals surface area contributed by atoms with Gasteiger partial charge in [-0.1, -0.05) is 5.10 Å². The van der Waals surface area contributed by atoms with Crippen molar-refractivity contribution in [1.29, 1.82) is 0 Å². The van der Waals surface area contributed by atoms with E-state index >= 15 is 0 Å². The topological polar surface area (TPSA) is 165 Å². The van der Waals surface area contributed by atoms with E-state index in [0.717, 1.165) is 4.80 Å². The van der Waals surface area contributed by atoms with Gasteiger partial charge in [0.25, 0.3) is 5.95 Å². The highest BCUT2D eigenvalue weighted by molar-refractivity contribution is 5.90. The number of amides is 3. The zero-order valence-corrected chi connectivity index (χ0v) is 10.0. The molecule has 1 atom stereocenters. The highest BCUT2D eigenvalue weighted by Gasteiger charge is 2.21. The smallest absolute Gasteiger partial charge is 0.326 e. The van der Waals surface area contributed by atoms with Crippen LogP contribution in [0.1, 0.15) is 12.8 Å². The molecule has 0 radical (unpaired) electrons. The van der Waals surface area contributed by atoms with E-state index in [1.807, 2.05) is 0 Å². The van der Waals surface area contributed by atoms with Crippen LogP contribution in [0.2, 0.25) is 0 Å². The monoisotopic (exact) mass is 271 g/mol. The van der Waals surface area contributed by atoms with E-state index in [-0.39, 0.29) is 18.8 Å². The molecule has 0 saturated heterocycles. The van der Waals surface area contributed by atoms with Crippen LogP contribution in [0.3, 0.4) is 0 Å². The van der Waals surface area contributed by atoms with E-state index < -0.39 is 23.9 Å². The second kappa shape index (κ2) is 6.28. The third-order valence-electron chi connectivity index (χ3n) is 2.02. The molecule has 11 nitrogen and oxygen atoms in total. The van der Waals surface area contributed by atoms with Crippen LogP contribution in [0.15, 0.2) is 0 Å². The van der Waals surface area contributed by atoms with E-state index in [1.165, 1.54) is 7.05 Å². The number of carboxylic acid groups (broad SMARTS) is 1. The predicted octanol–water partition coefficient (Wildman–Crippen LogP) is -1.95. The second-order valence-electron chi connectivity index (χ2n) is 3.60. The fourth-order valence-corrected chi connectivity index (χ4v) is 1.17. The molecule has 0 aliphatic heterocycles. The summed E-state index contributed by atoms with van der Waals surface area (Å²) in [6, 6.07) is -2.05. The third-order valence-corrected chi connectivity index (χ3v) is 2.02. The molecule has 1 aromatic heterocycles. The SMILES string of the molecule is Cn1nnc(NC(=O)N[C@@H](CCC(N)=O)C(=O)O)n1. The predicted molar refractivity (Wildman–Crippen MR) is 60.8 cm³/mol. The number of hydrogen-bond donors (Lipinski definition) is 4. The summed E-state index contributed by atoms with van der Waals surface area (Å²) in [5.41, 5.74) is 4.91. The average Bonchev–Trinajstić information content (AvgIpc) is 2.69. The fourth-order valence-electron chi connectivity index (χ4n) is 1.17. The largest absolute Gasteiger partial charge is 0.480 e. The number of tetrazole rings is 1. The lowest BCUT2D eigenvalue weighted by molar-refractivity contribution is -0.139. The number of urea groups is 1. The van der Waals surface area contributed by atoms with Crippen molar-refractivity contribution in [2.45, 2.75) is 18.9 Å².